The molecule has 0 aromatic heterocycles. The molecule has 0 bridgehead atoms. The van der Waals surface area contributed by atoms with Crippen LogP contribution in [0.25, 0.3) is 0 Å². The van der Waals surface area contributed by atoms with Gasteiger partial charge in [0, 0.05) is 5.69 Å². The highest BCUT2D eigenvalue weighted by Crippen LogP contribution is 2.22. The zero-order valence-electron chi connectivity index (χ0n) is 12.8. The zero-order valence-corrected chi connectivity index (χ0v) is 12.8. The van der Waals surface area contributed by atoms with E-state index in [0.29, 0.717) is 0 Å². The molecule has 0 spiro atoms. The van der Waals surface area contributed by atoms with E-state index in [2.05, 4.69) is 10.6 Å². The highest BCUT2D eigenvalue weighted by atomic mass is 19.1. The molecule has 0 unspecified atom stereocenters. The maximum absolute atomic E-state index is 13.5. The number of hydrogen-bond acceptors (Lipinski definition) is 2. The second-order valence-electron chi connectivity index (χ2n) is 5.27. The average molecular weight is 304 g/mol. The molecule has 0 aliphatic heterocycles. The van der Waals surface area contributed by atoms with Crippen LogP contribution in [0.5, 0.6) is 0 Å². The first-order valence-corrected chi connectivity index (χ1v) is 6.94. The Morgan fingerprint density at radius 3 is 2.09 bits per heavy atom. The van der Waals surface area contributed by atoms with Gasteiger partial charge < -0.3 is 10.6 Å². The van der Waals surface area contributed by atoms with Crippen molar-refractivity contribution < 1.29 is 13.6 Å². The van der Waals surface area contributed by atoms with Gasteiger partial charge in [0.05, 0.1) is 6.54 Å². The lowest BCUT2D eigenvalue weighted by atomic mass is 10.1. The van der Waals surface area contributed by atoms with Gasteiger partial charge in [-0.3, -0.25) is 4.79 Å². The van der Waals surface area contributed by atoms with Crippen LogP contribution in [-0.4, -0.2) is 12.5 Å². The van der Waals surface area contributed by atoms with Crippen LogP contribution in [0.1, 0.15) is 16.7 Å². The predicted molar refractivity (Wildman–Crippen MR) is 84.1 cm³/mol. The summed E-state index contributed by atoms with van der Waals surface area (Å²) in [4.78, 5) is 12.0. The highest BCUT2D eigenvalue weighted by Gasteiger charge is 2.11. The van der Waals surface area contributed by atoms with Crippen LogP contribution in [0, 0.1) is 32.4 Å². The first-order valence-electron chi connectivity index (χ1n) is 6.94. The number of anilines is 2. The summed E-state index contributed by atoms with van der Waals surface area (Å²) in [6.45, 7) is 5.57. The molecule has 2 N–H and O–H groups in total. The lowest BCUT2D eigenvalue weighted by Gasteiger charge is -2.14. The molecule has 2 aromatic carbocycles. The van der Waals surface area contributed by atoms with Crippen molar-refractivity contribution in [2.45, 2.75) is 20.8 Å². The highest BCUT2D eigenvalue weighted by molar-refractivity contribution is 5.95. The van der Waals surface area contributed by atoms with Gasteiger partial charge in [-0.05, 0) is 44.0 Å². The molecule has 3 nitrogen and oxygen atoms in total. The van der Waals surface area contributed by atoms with Crippen LogP contribution in [0.3, 0.4) is 0 Å². The Bertz CT molecular complexity index is 671. The maximum Gasteiger partial charge on any atom is 0.243 e. The minimum Gasteiger partial charge on any atom is -0.371 e. The molecule has 0 saturated carbocycles. The van der Waals surface area contributed by atoms with Crippen molar-refractivity contribution in [3.05, 3.63) is 58.7 Å². The second kappa shape index (κ2) is 6.56. The summed E-state index contributed by atoms with van der Waals surface area (Å²) in [5, 5.41) is 5.26. The summed E-state index contributed by atoms with van der Waals surface area (Å²) in [6, 6.07) is 7.48. The van der Waals surface area contributed by atoms with Crippen molar-refractivity contribution in [2.75, 3.05) is 17.2 Å². The van der Waals surface area contributed by atoms with Gasteiger partial charge in [-0.15, -0.1) is 0 Å². The van der Waals surface area contributed by atoms with Crippen LogP contribution in [0.4, 0.5) is 20.2 Å². The molecule has 0 aliphatic rings. The Hall–Kier alpha value is -2.43. The largest absolute Gasteiger partial charge is 0.371 e. The van der Waals surface area contributed by atoms with Gasteiger partial charge in [0.2, 0.25) is 5.91 Å². The van der Waals surface area contributed by atoms with E-state index in [1.54, 1.807) is 0 Å². The molecule has 2 rings (SSSR count). The fraction of sp³-hybridized carbons (Fsp3) is 0.235. The molecule has 5 heteroatoms. The number of carbonyl (C=O) groups is 1. The summed E-state index contributed by atoms with van der Waals surface area (Å²) in [7, 11) is 0. The molecule has 0 heterocycles. The Kier molecular flexibility index (Phi) is 4.75. The van der Waals surface area contributed by atoms with Crippen LogP contribution in [-0.2, 0) is 4.79 Å². The zero-order chi connectivity index (χ0) is 16.3. The Morgan fingerprint density at radius 1 is 1.00 bits per heavy atom. The number of aryl methyl sites for hydroxylation is 3. The number of carbonyl (C=O) groups excluding carboxylic acids is 1. The fourth-order valence-electron chi connectivity index (χ4n) is 2.40. The monoisotopic (exact) mass is 304 g/mol. The standard InChI is InChI=1S/C17H18F2N2O/c1-10-7-11(2)16(12(3)8-10)21-15(22)9-20-17-13(18)5-4-6-14(17)19/h4-8,20H,9H2,1-3H3,(H,21,22). The molecule has 0 atom stereocenters. The predicted octanol–water partition coefficient (Wildman–Crippen LogP) is 3.94. The molecule has 22 heavy (non-hydrogen) atoms. The number of rotatable bonds is 4. The molecule has 0 fully saturated rings. The number of para-hydroxylation sites is 1. The second-order valence-corrected chi connectivity index (χ2v) is 5.27. The van der Waals surface area contributed by atoms with Crippen molar-refractivity contribution in [1.82, 2.24) is 0 Å². The Morgan fingerprint density at radius 2 is 1.55 bits per heavy atom. The Balaban J connectivity index is 2.05. The van der Waals surface area contributed by atoms with Crippen molar-refractivity contribution in [2.24, 2.45) is 0 Å². The maximum atomic E-state index is 13.5. The number of benzene rings is 2. The van der Waals surface area contributed by atoms with E-state index in [4.69, 9.17) is 0 Å². The molecule has 116 valence electrons. The van der Waals surface area contributed by atoms with Crippen LogP contribution >= 0.6 is 0 Å². The number of halogens is 2. The van der Waals surface area contributed by atoms with E-state index in [9.17, 15) is 13.6 Å². The van der Waals surface area contributed by atoms with Crippen LogP contribution in [0.15, 0.2) is 30.3 Å². The third kappa shape index (κ3) is 3.61. The van der Waals surface area contributed by atoms with Gasteiger partial charge in [0.1, 0.15) is 17.3 Å². The molecule has 0 saturated heterocycles. The van der Waals surface area contributed by atoms with Crippen LogP contribution in [0.2, 0.25) is 0 Å². The first-order chi connectivity index (χ1) is 10.4. The van der Waals surface area contributed by atoms with Gasteiger partial charge in [-0.25, -0.2) is 8.78 Å². The number of hydrogen-bond donors (Lipinski definition) is 2. The number of amides is 1. The minimum atomic E-state index is -0.726. The summed E-state index contributed by atoms with van der Waals surface area (Å²) in [5.74, 6) is -1.82. The lowest BCUT2D eigenvalue weighted by molar-refractivity contribution is -0.114. The Labute approximate surface area is 128 Å². The SMILES string of the molecule is Cc1cc(C)c(NC(=O)CNc2c(F)cccc2F)c(C)c1. The summed E-state index contributed by atoms with van der Waals surface area (Å²) >= 11 is 0. The first kappa shape index (κ1) is 15.9. The molecule has 0 radical (unpaired) electrons. The quantitative estimate of drug-likeness (QED) is 0.898. The van der Waals surface area contributed by atoms with E-state index in [1.807, 2.05) is 32.9 Å². The van der Waals surface area contributed by atoms with Gasteiger partial charge in [0.25, 0.3) is 0 Å². The third-order valence-electron chi connectivity index (χ3n) is 3.33. The molecule has 1 amide bonds. The summed E-state index contributed by atoms with van der Waals surface area (Å²) < 4.78 is 26.9. The van der Waals surface area contributed by atoms with Gasteiger partial charge in [-0.1, -0.05) is 23.8 Å². The van der Waals surface area contributed by atoms with Crippen molar-refractivity contribution in [3.8, 4) is 0 Å². The minimum absolute atomic E-state index is 0.218. The molecular formula is C17H18F2N2O. The fourth-order valence-corrected chi connectivity index (χ4v) is 2.40. The van der Waals surface area contributed by atoms with Gasteiger partial charge in [-0.2, -0.15) is 0 Å². The van der Waals surface area contributed by atoms with E-state index >= 15 is 0 Å². The van der Waals surface area contributed by atoms with Crippen molar-refractivity contribution in [1.29, 1.82) is 0 Å². The third-order valence-corrected chi connectivity index (χ3v) is 3.33. The van der Waals surface area contributed by atoms with Gasteiger partial charge in [0.15, 0.2) is 0 Å². The van der Waals surface area contributed by atoms with Crippen LogP contribution < -0.4 is 10.6 Å². The molecule has 2 aromatic rings. The topological polar surface area (TPSA) is 41.1 Å². The van der Waals surface area contributed by atoms with Crippen molar-refractivity contribution >= 4 is 17.3 Å². The molecular weight excluding hydrogens is 286 g/mol. The normalized spacial score (nSPS) is 10.4. The van der Waals surface area contributed by atoms with E-state index in [0.717, 1.165) is 34.5 Å². The van der Waals surface area contributed by atoms with Gasteiger partial charge >= 0.3 is 0 Å². The summed E-state index contributed by atoms with van der Waals surface area (Å²) in [6.07, 6.45) is 0. The lowest BCUT2D eigenvalue weighted by Crippen LogP contribution is -2.23. The molecule has 0 aliphatic carbocycles. The van der Waals surface area contributed by atoms with E-state index in [-0.39, 0.29) is 18.1 Å². The van der Waals surface area contributed by atoms with E-state index < -0.39 is 11.6 Å². The smallest absolute Gasteiger partial charge is 0.243 e. The van der Waals surface area contributed by atoms with E-state index in [1.165, 1.54) is 6.07 Å². The number of nitrogens with one attached hydrogen (secondary N) is 2. The average Bonchev–Trinajstić information content (AvgIpc) is 2.42. The summed E-state index contributed by atoms with van der Waals surface area (Å²) in [5.41, 5.74) is 3.44. The van der Waals surface area contributed by atoms with Crippen molar-refractivity contribution in [3.63, 3.8) is 0 Å².